The molecule has 174 valence electrons. The number of fused-ring (bicyclic) bond motifs is 2. The highest BCUT2D eigenvalue weighted by atomic mass is 35.5. The third-order valence-corrected chi connectivity index (χ3v) is 7.17. The molecule has 0 bridgehead atoms. The monoisotopic (exact) mass is 479 g/mol. The zero-order valence-electron chi connectivity index (χ0n) is 19.5. The predicted molar refractivity (Wildman–Crippen MR) is 143 cm³/mol. The standard InChI is InChI=1S/C30H26ClN3O/c31-24-14-11-21(12-15-24)20-34-28-19-23(30(35)33-17-4-1-5-18-33)13-16-27(28)32-29(34)26-10-6-8-22-7-2-3-9-25(22)26/h2-3,6-16,19H,1,4-5,17-18,20H2. The third-order valence-electron chi connectivity index (χ3n) is 6.92. The van der Waals surface area contributed by atoms with E-state index in [1.54, 1.807) is 0 Å². The second-order valence-electron chi connectivity index (χ2n) is 9.23. The fourth-order valence-electron chi connectivity index (χ4n) is 5.09. The number of piperidine rings is 1. The van der Waals surface area contributed by atoms with Crippen LogP contribution in [0, 0.1) is 0 Å². The van der Waals surface area contributed by atoms with E-state index in [1.165, 1.54) is 11.8 Å². The first-order chi connectivity index (χ1) is 17.2. The summed E-state index contributed by atoms with van der Waals surface area (Å²) in [5, 5.41) is 3.05. The van der Waals surface area contributed by atoms with Crippen molar-refractivity contribution >= 4 is 39.3 Å². The van der Waals surface area contributed by atoms with Gasteiger partial charge in [0.25, 0.3) is 5.91 Å². The number of amides is 1. The van der Waals surface area contributed by atoms with Crippen LogP contribution in [0.25, 0.3) is 33.2 Å². The first-order valence-electron chi connectivity index (χ1n) is 12.2. The van der Waals surface area contributed by atoms with Crippen LogP contribution in [0.5, 0.6) is 0 Å². The Morgan fingerprint density at radius 2 is 1.63 bits per heavy atom. The summed E-state index contributed by atoms with van der Waals surface area (Å²) in [4.78, 5) is 20.3. The summed E-state index contributed by atoms with van der Waals surface area (Å²) in [5.74, 6) is 1.01. The number of carbonyl (C=O) groups is 1. The van der Waals surface area contributed by atoms with E-state index < -0.39 is 0 Å². The maximum atomic E-state index is 13.3. The van der Waals surface area contributed by atoms with E-state index in [1.807, 2.05) is 47.4 Å². The van der Waals surface area contributed by atoms with Gasteiger partial charge in [0.2, 0.25) is 0 Å². The van der Waals surface area contributed by atoms with Gasteiger partial charge in [-0.05, 0) is 65.9 Å². The number of hydrogen-bond acceptors (Lipinski definition) is 2. The SMILES string of the molecule is O=C(c1ccc2nc(-c3cccc4ccccc34)n(Cc3ccc(Cl)cc3)c2c1)N1CCCCC1. The van der Waals surface area contributed by atoms with Gasteiger partial charge < -0.3 is 9.47 Å². The van der Waals surface area contributed by atoms with Crippen LogP contribution in [-0.4, -0.2) is 33.4 Å². The number of likely N-dealkylation sites (tertiary alicyclic amines) is 1. The summed E-state index contributed by atoms with van der Waals surface area (Å²) in [6.07, 6.45) is 3.35. The number of carbonyl (C=O) groups excluding carboxylic acids is 1. The number of nitrogens with zero attached hydrogens (tertiary/aromatic N) is 3. The first kappa shape index (κ1) is 21.9. The fourth-order valence-corrected chi connectivity index (χ4v) is 5.22. The Hall–Kier alpha value is -3.63. The number of hydrogen-bond donors (Lipinski definition) is 0. The van der Waals surface area contributed by atoms with Gasteiger partial charge >= 0.3 is 0 Å². The lowest BCUT2D eigenvalue weighted by Gasteiger charge is -2.26. The Kier molecular flexibility index (Phi) is 5.75. The summed E-state index contributed by atoms with van der Waals surface area (Å²) in [5.41, 5.74) is 4.78. The molecule has 6 rings (SSSR count). The molecule has 0 spiro atoms. The van der Waals surface area contributed by atoms with E-state index in [4.69, 9.17) is 16.6 Å². The molecule has 1 aliphatic rings. The molecular formula is C30H26ClN3O. The smallest absolute Gasteiger partial charge is 0.253 e. The van der Waals surface area contributed by atoms with Gasteiger partial charge in [-0.25, -0.2) is 4.98 Å². The molecule has 1 fully saturated rings. The summed E-state index contributed by atoms with van der Waals surface area (Å²) < 4.78 is 2.23. The zero-order valence-corrected chi connectivity index (χ0v) is 20.2. The second-order valence-corrected chi connectivity index (χ2v) is 9.67. The van der Waals surface area contributed by atoms with E-state index in [9.17, 15) is 4.79 Å². The van der Waals surface area contributed by atoms with Crippen LogP contribution < -0.4 is 0 Å². The summed E-state index contributed by atoms with van der Waals surface area (Å²) in [7, 11) is 0. The second kappa shape index (κ2) is 9.20. The maximum absolute atomic E-state index is 13.3. The van der Waals surface area contributed by atoms with Crippen LogP contribution in [0.3, 0.4) is 0 Å². The van der Waals surface area contributed by atoms with Gasteiger partial charge in [-0.1, -0.05) is 66.2 Å². The molecule has 0 N–H and O–H groups in total. The molecule has 2 heterocycles. The topological polar surface area (TPSA) is 38.1 Å². The first-order valence-corrected chi connectivity index (χ1v) is 12.6. The number of halogens is 1. The molecule has 5 heteroatoms. The Bertz CT molecular complexity index is 1530. The van der Waals surface area contributed by atoms with Gasteiger partial charge in [-0.15, -0.1) is 0 Å². The van der Waals surface area contributed by atoms with Gasteiger partial charge in [0.1, 0.15) is 5.82 Å². The molecule has 4 aromatic carbocycles. The molecule has 1 aliphatic heterocycles. The Balaban J connectivity index is 1.52. The molecule has 1 amide bonds. The van der Waals surface area contributed by atoms with Gasteiger partial charge in [-0.2, -0.15) is 0 Å². The number of benzene rings is 4. The number of rotatable bonds is 4. The minimum absolute atomic E-state index is 0.109. The van der Waals surface area contributed by atoms with Gasteiger partial charge in [0.05, 0.1) is 11.0 Å². The predicted octanol–water partition coefficient (Wildman–Crippen LogP) is 7.18. The molecule has 1 aromatic heterocycles. The summed E-state index contributed by atoms with van der Waals surface area (Å²) >= 11 is 6.15. The molecule has 35 heavy (non-hydrogen) atoms. The van der Waals surface area contributed by atoms with Crippen molar-refractivity contribution in [3.63, 3.8) is 0 Å². The van der Waals surface area contributed by atoms with Crippen molar-refractivity contribution in [1.82, 2.24) is 14.5 Å². The van der Waals surface area contributed by atoms with Crippen LogP contribution in [0.4, 0.5) is 0 Å². The molecule has 0 unspecified atom stereocenters. The van der Waals surface area contributed by atoms with E-state index in [-0.39, 0.29) is 5.91 Å². The third kappa shape index (κ3) is 4.19. The molecular weight excluding hydrogens is 454 g/mol. The Morgan fingerprint density at radius 3 is 2.46 bits per heavy atom. The normalized spacial score (nSPS) is 14.0. The van der Waals surface area contributed by atoms with Crippen molar-refractivity contribution in [2.75, 3.05) is 13.1 Å². The van der Waals surface area contributed by atoms with Crippen molar-refractivity contribution in [3.05, 3.63) is 101 Å². The summed E-state index contributed by atoms with van der Waals surface area (Å²) in [6, 6.07) is 28.6. The lowest BCUT2D eigenvalue weighted by Crippen LogP contribution is -2.35. The van der Waals surface area contributed by atoms with Crippen molar-refractivity contribution in [1.29, 1.82) is 0 Å². The summed E-state index contributed by atoms with van der Waals surface area (Å²) in [6.45, 7) is 2.30. The number of imidazole rings is 1. The minimum Gasteiger partial charge on any atom is -0.339 e. The quantitative estimate of drug-likeness (QED) is 0.273. The fraction of sp³-hybridized carbons (Fsp3) is 0.200. The van der Waals surface area contributed by atoms with E-state index >= 15 is 0 Å². The molecule has 5 aromatic rings. The molecule has 0 atom stereocenters. The highest BCUT2D eigenvalue weighted by molar-refractivity contribution is 6.30. The van der Waals surface area contributed by atoms with Crippen molar-refractivity contribution in [2.45, 2.75) is 25.8 Å². The maximum Gasteiger partial charge on any atom is 0.253 e. The van der Waals surface area contributed by atoms with Gasteiger partial charge in [-0.3, -0.25) is 4.79 Å². The van der Waals surface area contributed by atoms with Gasteiger partial charge in [0, 0.05) is 35.8 Å². The van der Waals surface area contributed by atoms with E-state index in [0.29, 0.717) is 11.6 Å². The van der Waals surface area contributed by atoms with Crippen LogP contribution >= 0.6 is 11.6 Å². The van der Waals surface area contributed by atoms with Crippen LogP contribution in [0.15, 0.2) is 84.9 Å². The minimum atomic E-state index is 0.109. The van der Waals surface area contributed by atoms with Crippen LogP contribution in [0.2, 0.25) is 5.02 Å². The van der Waals surface area contributed by atoms with E-state index in [0.717, 1.165) is 64.9 Å². The van der Waals surface area contributed by atoms with Crippen LogP contribution in [-0.2, 0) is 6.54 Å². The molecule has 0 saturated carbocycles. The van der Waals surface area contributed by atoms with Crippen LogP contribution in [0.1, 0.15) is 35.2 Å². The highest BCUT2D eigenvalue weighted by Gasteiger charge is 2.21. The van der Waals surface area contributed by atoms with Crippen molar-refractivity contribution in [3.8, 4) is 11.4 Å². The highest BCUT2D eigenvalue weighted by Crippen LogP contribution is 2.32. The lowest BCUT2D eigenvalue weighted by molar-refractivity contribution is 0.0724. The average Bonchev–Trinajstić information content (AvgIpc) is 3.27. The molecule has 0 radical (unpaired) electrons. The average molecular weight is 480 g/mol. The number of aromatic nitrogens is 2. The van der Waals surface area contributed by atoms with Gasteiger partial charge in [0.15, 0.2) is 0 Å². The molecule has 1 saturated heterocycles. The Morgan fingerprint density at radius 1 is 0.857 bits per heavy atom. The molecule has 0 aliphatic carbocycles. The lowest BCUT2D eigenvalue weighted by atomic mass is 10.0. The zero-order chi connectivity index (χ0) is 23.8. The largest absolute Gasteiger partial charge is 0.339 e. The van der Waals surface area contributed by atoms with Crippen molar-refractivity contribution in [2.24, 2.45) is 0 Å². The Labute approximate surface area is 209 Å². The molecule has 4 nitrogen and oxygen atoms in total. The van der Waals surface area contributed by atoms with E-state index in [2.05, 4.69) is 47.0 Å². The van der Waals surface area contributed by atoms with Crippen molar-refractivity contribution < 1.29 is 4.79 Å².